The summed E-state index contributed by atoms with van der Waals surface area (Å²) in [5, 5.41) is 0. The van der Waals surface area contributed by atoms with Crippen molar-refractivity contribution < 1.29 is 0 Å². The minimum absolute atomic E-state index is 0.00887. The average Bonchev–Trinajstić information content (AvgIpc) is 2.76. The third-order valence-electron chi connectivity index (χ3n) is 4.22. The van der Waals surface area contributed by atoms with E-state index >= 15 is 0 Å². The van der Waals surface area contributed by atoms with Crippen molar-refractivity contribution in [2.45, 2.75) is 24.3 Å². The Morgan fingerprint density at radius 1 is 0.824 bits per heavy atom. The molecule has 0 spiro atoms. The molecule has 0 aliphatic heterocycles. The van der Waals surface area contributed by atoms with Gasteiger partial charge >= 0.3 is 0 Å². The highest BCUT2D eigenvalue weighted by Gasteiger charge is 2.85. The second-order valence-electron chi connectivity index (χ2n) is 4.91. The Morgan fingerprint density at radius 2 is 1.41 bits per heavy atom. The largest absolute Gasteiger partial charge is 0.185 e. The van der Waals surface area contributed by atoms with Crippen molar-refractivity contribution in [3.63, 3.8) is 0 Å². The van der Waals surface area contributed by atoms with Crippen LogP contribution in [0.3, 0.4) is 0 Å². The van der Waals surface area contributed by atoms with Crippen LogP contribution in [0.2, 0.25) is 0 Å². The number of rotatable bonds is 0. The fourth-order valence-electron chi connectivity index (χ4n) is 3.43. The molecule has 0 aromatic heterocycles. The van der Waals surface area contributed by atoms with E-state index in [1.54, 1.807) is 0 Å². The molecule has 2 bridgehead atoms. The number of alkyl halides is 7. The van der Waals surface area contributed by atoms with Gasteiger partial charge in [0.1, 0.15) is 0 Å². The maximum Gasteiger partial charge on any atom is 0.185 e. The average molecular weight is 375 g/mol. The predicted molar refractivity (Wildman–Crippen MR) is 76.1 cm³/mol. The van der Waals surface area contributed by atoms with Crippen molar-refractivity contribution in [3.8, 4) is 0 Å². The summed E-state index contributed by atoms with van der Waals surface area (Å²) in [5.41, 5.74) is 0. The van der Waals surface area contributed by atoms with Gasteiger partial charge in [-0.1, -0.05) is 81.8 Å². The van der Waals surface area contributed by atoms with Gasteiger partial charge < -0.3 is 0 Å². The number of allylic oxidation sites excluding steroid dienone is 2. The molecule has 0 amide bonds. The Morgan fingerprint density at radius 3 is 1.94 bits per heavy atom. The number of hydrogen-bond acceptors (Lipinski definition) is 0. The van der Waals surface area contributed by atoms with Crippen molar-refractivity contribution in [2.24, 2.45) is 17.8 Å². The van der Waals surface area contributed by atoms with Gasteiger partial charge in [-0.15, -0.1) is 11.6 Å². The zero-order chi connectivity index (χ0) is 12.9. The van der Waals surface area contributed by atoms with Crippen LogP contribution in [0.15, 0.2) is 12.2 Å². The van der Waals surface area contributed by atoms with Crippen LogP contribution >= 0.6 is 81.2 Å². The summed E-state index contributed by atoms with van der Waals surface area (Å²) < 4.78 is -4.81. The van der Waals surface area contributed by atoms with E-state index in [1.807, 2.05) is 12.2 Å². The van der Waals surface area contributed by atoms with E-state index in [1.165, 1.54) is 0 Å². The minimum atomic E-state index is -1.72. The second-order valence-corrected chi connectivity index (χ2v) is 9.57. The second kappa shape index (κ2) is 3.50. The van der Waals surface area contributed by atoms with E-state index in [2.05, 4.69) is 0 Å². The molecule has 0 saturated heterocycles. The topological polar surface area (TPSA) is 0 Å². The van der Waals surface area contributed by atoms with Crippen LogP contribution in [-0.4, -0.2) is 17.9 Å². The highest BCUT2D eigenvalue weighted by molar-refractivity contribution is 6.73. The van der Waals surface area contributed by atoms with Crippen molar-refractivity contribution in [3.05, 3.63) is 12.2 Å². The zero-order valence-electron chi connectivity index (χ0n) is 8.24. The van der Waals surface area contributed by atoms with Crippen molar-refractivity contribution >= 4 is 81.2 Å². The number of hydrogen-bond donors (Lipinski definition) is 0. The van der Waals surface area contributed by atoms with Crippen LogP contribution in [0.1, 0.15) is 6.42 Å². The molecule has 3 rings (SSSR count). The Kier molecular flexibility index (Phi) is 2.83. The van der Waals surface area contributed by atoms with Gasteiger partial charge in [0.2, 0.25) is 0 Å². The first-order valence-corrected chi connectivity index (χ1v) is 7.73. The molecule has 0 nitrogen and oxygen atoms in total. The number of fused-ring (bicyclic) bond motifs is 5. The molecule has 7 heteroatoms. The lowest BCUT2D eigenvalue weighted by atomic mass is 9.84. The minimum Gasteiger partial charge on any atom is -0.115 e. The third-order valence-corrected chi connectivity index (χ3v) is 9.38. The molecule has 3 aliphatic rings. The van der Waals surface area contributed by atoms with Crippen molar-refractivity contribution in [2.75, 3.05) is 0 Å². The lowest BCUT2D eigenvalue weighted by Crippen LogP contribution is -2.50. The maximum absolute atomic E-state index is 6.67. The lowest BCUT2D eigenvalue weighted by molar-refractivity contribution is 0.378. The van der Waals surface area contributed by atoms with E-state index in [-0.39, 0.29) is 17.8 Å². The molecule has 4 atom stereocenters. The van der Waals surface area contributed by atoms with Crippen LogP contribution < -0.4 is 0 Å². The Labute approximate surface area is 134 Å². The van der Waals surface area contributed by atoms with Gasteiger partial charge in [0.25, 0.3) is 0 Å². The van der Waals surface area contributed by atoms with E-state index in [4.69, 9.17) is 81.2 Å². The molecule has 17 heavy (non-hydrogen) atoms. The molecule has 2 fully saturated rings. The Bertz CT molecular complexity index is 413. The normalized spacial score (nSPS) is 51.8. The molecule has 0 radical (unpaired) electrons. The van der Waals surface area contributed by atoms with Gasteiger partial charge in [-0.05, 0) is 12.3 Å². The van der Waals surface area contributed by atoms with Gasteiger partial charge in [0.15, 0.2) is 13.0 Å². The first kappa shape index (κ1) is 13.7. The molecule has 96 valence electrons. The van der Waals surface area contributed by atoms with Crippen LogP contribution in [0.5, 0.6) is 0 Å². The smallest absolute Gasteiger partial charge is 0.115 e. The van der Waals surface area contributed by atoms with Crippen LogP contribution in [0.4, 0.5) is 0 Å². The van der Waals surface area contributed by atoms with E-state index in [0.717, 1.165) is 6.42 Å². The molecule has 0 aromatic rings. The molecular weight excluding hydrogens is 368 g/mol. The fraction of sp³-hybridized carbons (Fsp3) is 0.800. The molecule has 0 N–H and O–H groups in total. The molecule has 0 aromatic carbocycles. The van der Waals surface area contributed by atoms with Crippen molar-refractivity contribution in [1.82, 2.24) is 0 Å². The summed E-state index contributed by atoms with van der Waals surface area (Å²) in [6, 6.07) is 0. The molecule has 3 aliphatic carbocycles. The Balaban J connectivity index is 2.25. The van der Waals surface area contributed by atoms with Crippen LogP contribution in [-0.2, 0) is 0 Å². The van der Waals surface area contributed by atoms with E-state index in [9.17, 15) is 0 Å². The first-order valence-electron chi connectivity index (χ1n) is 5.09. The monoisotopic (exact) mass is 372 g/mol. The number of halogens is 7. The van der Waals surface area contributed by atoms with Crippen LogP contribution in [0, 0.1) is 17.8 Å². The van der Waals surface area contributed by atoms with Gasteiger partial charge in [-0.3, -0.25) is 0 Å². The third kappa shape index (κ3) is 1.24. The van der Waals surface area contributed by atoms with E-state index < -0.39 is 17.9 Å². The van der Waals surface area contributed by atoms with Crippen LogP contribution in [0.25, 0.3) is 0 Å². The molecule has 2 saturated carbocycles. The van der Waals surface area contributed by atoms with Gasteiger partial charge in [-0.2, -0.15) is 0 Å². The van der Waals surface area contributed by atoms with Crippen molar-refractivity contribution in [1.29, 1.82) is 0 Å². The van der Waals surface area contributed by atoms with Gasteiger partial charge in [-0.25, -0.2) is 0 Å². The highest BCUT2D eigenvalue weighted by atomic mass is 35.5. The summed E-state index contributed by atoms with van der Waals surface area (Å²) in [7, 11) is 0. The standard InChI is InChI=1S/C10H7Cl7/c11-7-5-2-1-4(3-5)6(7)8(12,13)10(16,17)9(7,14)15/h1-2,4-6H,3H2. The Hall–Kier alpha value is 1.77. The SMILES string of the molecule is ClC1(Cl)C2C3C=CC(C3)C2(Cl)C(Cl)(Cl)C1(Cl)Cl. The maximum atomic E-state index is 6.67. The predicted octanol–water partition coefficient (Wildman–Crippen LogP) is 5.32. The summed E-state index contributed by atoms with van der Waals surface area (Å²) in [6.07, 6.45) is 4.86. The van der Waals surface area contributed by atoms with Gasteiger partial charge in [0.05, 0.1) is 4.87 Å². The molecular formula is C10H7Cl7. The summed E-state index contributed by atoms with van der Waals surface area (Å²) in [6.45, 7) is 0. The first-order chi connectivity index (χ1) is 7.58. The summed E-state index contributed by atoms with van der Waals surface area (Å²) in [5.74, 6) is -0.255. The lowest BCUT2D eigenvalue weighted by Gasteiger charge is -2.39. The van der Waals surface area contributed by atoms with Gasteiger partial charge in [0, 0.05) is 11.8 Å². The molecule has 4 unspecified atom stereocenters. The summed E-state index contributed by atoms with van der Waals surface area (Å²) >= 11 is 44.5. The highest BCUT2D eigenvalue weighted by Crippen LogP contribution is 2.79. The fourth-order valence-corrected chi connectivity index (χ4v) is 6.78. The quantitative estimate of drug-likeness (QED) is 0.397. The zero-order valence-corrected chi connectivity index (χ0v) is 13.5. The van der Waals surface area contributed by atoms with E-state index in [0.29, 0.717) is 0 Å². The molecule has 0 heterocycles. The summed E-state index contributed by atoms with van der Waals surface area (Å²) in [4.78, 5) is -1.03.